The summed E-state index contributed by atoms with van der Waals surface area (Å²) in [5.74, 6) is 0.711. The van der Waals surface area contributed by atoms with Crippen LogP contribution in [0.5, 0.6) is 0 Å². The van der Waals surface area contributed by atoms with Crippen molar-refractivity contribution in [2.45, 2.75) is 33.4 Å². The van der Waals surface area contributed by atoms with E-state index in [-0.39, 0.29) is 6.03 Å². The van der Waals surface area contributed by atoms with Crippen LogP contribution in [0.2, 0.25) is 0 Å². The summed E-state index contributed by atoms with van der Waals surface area (Å²) in [6, 6.07) is 1.68. The van der Waals surface area contributed by atoms with Crippen LogP contribution in [0.25, 0.3) is 0 Å². The molecule has 0 atom stereocenters. The summed E-state index contributed by atoms with van der Waals surface area (Å²) < 4.78 is 9.94. The molecular weight excluding hydrogens is 336 g/mol. The van der Waals surface area contributed by atoms with Gasteiger partial charge in [0, 0.05) is 24.4 Å². The number of oxazole rings is 2. The zero-order valence-electron chi connectivity index (χ0n) is 14.7. The number of nitrogens with zero attached hydrogens (tertiary/aromatic N) is 5. The van der Waals surface area contributed by atoms with Crippen molar-refractivity contribution in [3.63, 3.8) is 0 Å². The number of carbonyl (C=O) groups is 1. The first-order valence-corrected chi connectivity index (χ1v) is 8.18. The Morgan fingerprint density at radius 3 is 2.12 bits per heavy atom. The average Bonchev–Trinajstić information content (AvgIpc) is 3.27. The summed E-state index contributed by atoms with van der Waals surface area (Å²) in [5, 5.41) is 2.89. The van der Waals surface area contributed by atoms with Gasteiger partial charge in [-0.05, 0) is 19.9 Å². The Kier molecular flexibility index (Phi) is 5.57. The van der Waals surface area contributed by atoms with Crippen molar-refractivity contribution in [1.29, 1.82) is 0 Å². The molecule has 0 saturated carbocycles. The number of carbonyl (C=O) groups excluding carboxylic acids is 1. The van der Waals surface area contributed by atoms with Crippen molar-refractivity contribution >= 4 is 6.03 Å². The van der Waals surface area contributed by atoms with Crippen LogP contribution in [0.15, 0.2) is 40.2 Å². The molecule has 0 bridgehead atoms. The molecule has 9 heteroatoms. The van der Waals surface area contributed by atoms with Crippen molar-refractivity contribution in [2.24, 2.45) is 0 Å². The molecule has 1 N–H and O–H groups in total. The van der Waals surface area contributed by atoms with Crippen LogP contribution in [0.1, 0.15) is 28.6 Å². The molecule has 0 saturated heterocycles. The molecule has 3 heterocycles. The monoisotopic (exact) mass is 356 g/mol. The Balaban J connectivity index is 1.59. The van der Waals surface area contributed by atoms with Crippen LogP contribution in [0.3, 0.4) is 0 Å². The van der Waals surface area contributed by atoms with Gasteiger partial charge in [0.15, 0.2) is 12.8 Å². The highest BCUT2D eigenvalue weighted by atomic mass is 16.3. The molecule has 136 valence electrons. The van der Waals surface area contributed by atoms with E-state index in [0.29, 0.717) is 43.3 Å². The fourth-order valence-corrected chi connectivity index (χ4v) is 2.53. The van der Waals surface area contributed by atoms with E-state index < -0.39 is 0 Å². The number of nitrogens with one attached hydrogen (secondary N) is 1. The largest absolute Gasteiger partial charge is 0.451 e. The highest BCUT2D eigenvalue weighted by molar-refractivity contribution is 5.74. The summed E-state index contributed by atoms with van der Waals surface area (Å²) in [7, 11) is 0. The molecule has 0 aliphatic rings. The quantitative estimate of drug-likeness (QED) is 0.689. The van der Waals surface area contributed by atoms with Crippen molar-refractivity contribution in [3.05, 3.63) is 60.0 Å². The van der Waals surface area contributed by atoms with Gasteiger partial charge in [0.05, 0.1) is 24.5 Å². The molecule has 0 aliphatic heterocycles. The molecule has 3 aromatic heterocycles. The van der Waals surface area contributed by atoms with Crippen molar-refractivity contribution in [3.8, 4) is 0 Å². The van der Waals surface area contributed by atoms with E-state index in [1.165, 1.54) is 25.3 Å². The minimum atomic E-state index is -0.236. The molecular formula is C17H20N6O3. The third-order valence-electron chi connectivity index (χ3n) is 3.61. The molecule has 9 nitrogen and oxygen atoms in total. The first-order chi connectivity index (χ1) is 12.6. The van der Waals surface area contributed by atoms with E-state index in [9.17, 15) is 4.79 Å². The molecule has 0 fully saturated rings. The van der Waals surface area contributed by atoms with E-state index in [1.807, 2.05) is 19.9 Å². The smallest absolute Gasteiger partial charge is 0.318 e. The third-order valence-corrected chi connectivity index (χ3v) is 3.61. The molecule has 0 radical (unpaired) electrons. The first kappa shape index (κ1) is 17.6. The third kappa shape index (κ3) is 4.88. The van der Waals surface area contributed by atoms with Crippen LogP contribution in [0, 0.1) is 13.8 Å². The Morgan fingerprint density at radius 2 is 1.62 bits per heavy atom. The topological polar surface area (TPSA) is 110 Å². The lowest BCUT2D eigenvalue weighted by molar-refractivity contribution is 0.191. The van der Waals surface area contributed by atoms with Crippen LogP contribution >= 0.6 is 0 Å². The predicted octanol–water partition coefficient (Wildman–Crippen LogP) is 2.02. The number of hydrogen-bond donors (Lipinski definition) is 1. The fourth-order valence-electron chi connectivity index (χ4n) is 2.53. The highest BCUT2D eigenvalue weighted by Gasteiger charge is 2.17. The van der Waals surface area contributed by atoms with Gasteiger partial charge < -0.3 is 19.1 Å². The van der Waals surface area contributed by atoms with E-state index in [1.54, 1.807) is 4.90 Å². The zero-order chi connectivity index (χ0) is 18.4. The van der Waals surface area contributed by atoms with Crippen molar-refractivity contribution in [1.82, 2.24) is 30.2 Å². The Morgan fingerprint density at radius 1 is 1.04 bits per heavy atom. The van der Waals surface area contributed by atoms with Crippen molar-refractivity contribution < 1.29 is 13.6 Å². The highest BCUT2D eigenvalue weighted by Crippen LogP contribution is 2.08. The number of urea groups is 1. The van der Waals surface area contributed by atoms with Gasteiger partial charge >= 0.3 is 6.03 Å². The van der Waals surface area contributed by atoms with Gasteiger partial charge in [0.2, 0.25) is 0 Å². The van der Waals surface area contributed by atoms with E-state index >= 15 is 0 Å². The van der Waals surface area contributed by atoms with Gasteiger partial charge in [-0.3, -0.25) is 0 Å². The Hall–Kier alpha value is -3.23. The van der Waals surface area contributed by atoms with Gasteiger partial charge in [-0.15, -0.1) is 0 Å². The maximum absolute atomic E-state index is 12.6. The number of aryl methyl sites for hydroxylation is 2. The normalized spacial score (nSPS) is 10.7. The number of amides is 2. The molecule has 0 aliphatic carbocycles. The van der Waals surface area contributed by atoms with Crippen molar-refractivity contribution in [2.75, 3.05) is 6.54 Å². The standard InChI is InChI=1S/C17H20N6O3/c1-12-5-13(2)22-16(21-12)3-4-18-17(24)23(6-14-8-25-10-19-14)7-15-9-26-11-20-15/h5,8-11H,3-4,6-7H2,1-2H3,(H,18,24). The molecule has 0 unspecified atom stereocenters. The van der Waals surface area contributed by atoms with E-state index in [2.05, 4.69) is 25.3 Å². The van der Waals surface area contributed by atoms with E-state index in [0.717, 1.165) is 11.4 Å². The lowest BCUT2D eigenvalue weighted by atomic mass is 10.3. The average molecular weight is 356 g/mol. The maximum atomic E-state index is 12.6. The molecule has 0 aromatic carbocycles. The zero-order valence-corrected chi connectivity index (χ0v) is 14.7. The minimum absolute atomic E-state index is 0.236. The van der Waals surface area contributed by atoms with Crippen LogP contribution in [0.4, 0.5) is 4.79 Å². The molecule has 26 heavy (non-hydrogen) atoms. The fraction of sp³-hybridized carbons (Fsp3) is 0.353. The van der Waals surface area contributed by atoms with Crippen LogP contribution in [-0.2, 0) is 19.5 Å². The first-order valence-electron chi connectivity index (χ1n) is 8.18. The molecule has 3 rings (SSSR count). The second-order valence-electron chi connectivity index (χ2n) is 5.86. The number of rotatable bonds is 7. The van der Waals surface area contributed by atoms with Gasteiger partial charge in [0.1, 0.15) is 18.4 Å². The van der Waals surface area contributed by atoms with Gasteiger partial charge in [-0.1, -0.05) is 0 Å². The molecule has 3 aromatic rings. The lowest BCUT2D eigenvalue weighted by Crippen LogP contribution is -2.40. The second-order valence-corrected chi connectivity index (χ2v) is 5.86. The van der Waals surface area contributed by atoms with Gasteiger partial charge in [0.25, 0.3) is 0 Å². The van der Waals surface area contributed by atoms with Gasteiger partial charge in [-0.2, -0.15) is 0 Å². The minimum Gasteiger partial charge on any atom is -0.451 e. The Bertz CT molecular complexity index is 776. The molecule has 0 spiro atoms. The molecule has 2 amide bonds. The number of hydrogen-bond acceptors (Lipinski definition) is 7. The van der Waals surface area contributed by atoms with E-state index in [4.69, 9.17) is 8.83 Å². The summed E-state index contributed by atoms with van der Waals surface area (Å²) >= 11 is 0. The predicted molar refractivity (Wildman–Crippen MR) is 90.9 cm³/mol. The summed E-state index contributed by atoms with van der Waals surface area (Å²) in [5.41, 5.74) is 3.14. The Labute approximate surface area is 150 Å². The second kappa shape index (κ2) is 8.24. The maximum Gasteiger partial charge on any atom is 0.318 e. The van der Waals surface area contributed by atoms with Gasteiger partial charge in [-0.25, -0.2) is 24.7 Å². The lowest BCUT2D eigenvalue weighted by Gasteiger charge is -2.21. The summed E-state index contributed by atoms with van der Waals surface area (Å²) in [6.45, 7) is 4.88. The SMILES string of the molecule is Cc1cc(C)nc(CCNC(=O)N(Cc2cocn2)Cc2cocn2)n1. The van der Waals surface area contributed by atoms with Crippen LogP contribution in [-0.4, -0.2) is 37.4 Å². The number of aromatic nitrogens is 4. The summed E-state index contributed by atoms with van der Waals surface area (Å²) in [4.78, 5) is 31.0. The van der Waals surface area contributed by atoms with Crippen LogP contribution < -0.4 is 5.32 Å². The summed E-state index contributed by atoms with van der Waals surface area (Å²) in [6.07, 6.45) is 6.23.